The average molecular weight is 197 g/mol. The molecule has 0 aliphatic heterocycles. The Bertz CT molecular complexity index is 283. The van der Waals surface area contributed by atoms with Crippen molar-refractivity contribution in [2.24, 2.45) is 0 Å². The predicted molar refractivity (Wildman–Crippen MR) is 56.0 cm³/mol. The van der Waals surface area contributed by atoms with Gasteiger partial charge < -0.3 is 4.74 Å². The average Bonchev–Trinajstić information content (AvgIpc) is 2.16. The van der Waals surface area contributed by atoms with Crippen LogP contribution in [0.5, 0.6) is 0 Å². The molecule has 2 heteroatoms. The lowest BCUT2D eigenvalue weighted by atomic mass is 10.1. The number of benzene rings is 1. The largest absolute Gasteiger partial charge is 0.370 e. The molecular formula is C11H13ClO. The summed E-state index contributed by atoms with van der Waals surface area (Å²) >= 11 is 6.01. The van der Waals surface area contributed by atoms with Crippen molar-refractivity contribution in [1.82, 2.24) is 0 Å². The molecule has 1 rings (SSSR count). The second-order valence-corrected chi connectivity index (χ2v) is 3.04. The van der Waals surface area contributed by atoms with E-state index in [0.29, 0.717) is 6.61 Å². The Morgan fingerprint density at radius 1 is 1.54 bits per heavy atom. The molecule has 0 amide bonds. The molecule has 0 radical (unpaired) electrons. The van der Waals surface area contributed by atoms with Crippen molar-refractivity contribution in [1.29, 1.82) is 0 Å². The lowest BCUT2D eigenvalue weighted by Gasteiger charge is -2.13. The van der Waals surface area contributed by atoms with Crippen LogP contribution in [0, 0.1) is 0 Å². The topological polar surface area (TPSA) is 9.23 Å². The fourth-order valence-corrected chi connectivity index (χ4v) is 1.41. The van der Waals surface area contributed by atoms with Crippen LogP contribution >= 0.6 is 11.6 Å². The van der Waals surface area contributed by atoms with Crippen molar-refractivity contribution in [2.45, 2.75) is 13.0 Å². The van der Waals surface area contributed by atoms with Gasteiger partial charge in [0.1, 0.15) is 6.10 Å². The van der Waals surface area contributed by atoms with E-state index in [1.165, 1.54) is 0 Å². The first-order valence-electron chi connectivity index (χ1n) is 4.28. The van der Waals surface area contributed by atoms with Crippen molar-refractivity contribution in [3.8, 4) is 0 Å². The van der Waals surface area contributed by atoms with Gasteiger partial charge in [-0.3, -0.25) is 0 Å². The molecular weight excluding hydrogens is 184 g/mol. The molecule has 0 unspecified atom stereocenters. The summed E-state index contributed by atoms with van der Waals surface area (Å²) in [7, 11) is 0. The lowest BCUT2D eigenvalue weighted by molar-refractivity contribution is 0.0971. The summed E-state index contributed by atoms with van der Waals surface area (Å²) in [5.41, 5.74) is 0.973. The highest BCUT2D eigenvalue weighted by molar-refractivity contribution is 6.31. The monoisotopic (exact) mass is 196 g/mol. The van der Waals surface area contributed by atoms with E-state index in [1.807, 2.05) is 31.2 Å². The Morgan fingerprint density at radius 2 is 2.23 bits per heavy atom. The van der Waals surface area contributed by atoms with Gasteiger partial charge in [-0.25, -0.2) is 0 Å². The maximum Gasteiger partial charge on any atom is 0.102 e. The number of rotatable bonds is 4. The van der Waals surface area contributed by atoms with Crippen molar-refractivity contribution in [3.05, 3.63) is 47.5 Å². The fraction of sp³-hybridized carbons (Fsp3) is 0.273. The van der Waals surface area contributed by atoms with Gasteiger partial charge in [0.05, 0.1) is 0 Å². The summed E-state index contributed by atoms with van der Waals surface area (Å²) in [6.07, 6.45) is 1.66. The summed E-state index contributed by atoms with van der Waals surface area (Å²) in [5.74, 6) is 0. The summed E-state index contributed by atoms with van der Waals surface area (Å²) < 4.78 is 5.46. The molecule has 0 aliphatic carbocycles. The first-order chi connectivity index (χ1) is 6.29. The maximum atomic E-state index is 6.01. The summed E-state index contributed by atoms with van der Waals surface area (Å²) in [6.45, 7) is 6.32. The lowest BCUT2D eigenvalue weighted by Crippen LogP contribution is -2.01. The van der Waals surface area contributed by atoms with Crippen LogP contribution in [0.2, 0.25) is 5.02 Å². The highest BCUT2D eigenvalue weighted by atomic mass is 35.5. The molecule has 0 fully saturated rings. The van der Waals surface area contributed by atoms with Crippen LogP contribution in [0.4, 0.5) is 0 Å². The van der Waals surface area contributed by atoms with E-state index in [9.17, 15) is 0 Å². The van der Waals surface area contributed by atoms with Crippen molar-refractivity contribution >= 4 is 11.6 Å². The SMILES string of the molecule is C=C[C@@H](OCC)c1ccccc1Cl. The van der Waals surface area contributed by atoms with Gasteiger partial charge >= 0.3 is 0 Å². The molecule has 0 bridgehead atoms. The third kappa shape index (κ3) is 2.58. The van der Waals surface area contributed by atoms with Crippen LogP contribution in [-0.4, -0.2) is 6.61 Å². The van der Waals surface area contributed by atoms with E-state index in [1.54, 1.807) is 6.08 Å². The Morgan fingerprint density at radius 3 is 2.77 bits per heavy atom. The number of halogens is 1. The molecule has 0 aliphatic rings. The van der Waals surface area contributed by atoms with Crippen LogP contribution in [0.25, 0.3) is 0 Å². The minimum absolute atomic E-state index is 0.0984. The Hall–Kier alpha value is -0.790. The summed E-state index contributed by atoms with van der Waals surface area (Å²) in [6, 6.07) is 7.64. The molecule has 13 heavy (non-hydrogen) atoms. The van der Waals surface area contributed by atoms with Gasteiger partial charge in [0, 0.05) is 17.2 Å². The third-order valence-electron chi connectivity index (χ3n) is 1.77. The minimum Gasteiger partial charge on any atom is -0.370 e. The van der Waals surface area contributed by atoms with Gasteiger partial charge in [0.15, 0.2) is 0 Å². The normalized spacial score (nSPS) is 12.5. The van der Waals surface area contributed by atoms with Gasteiger partial charge in [0.2, 0.25) is 0 Å². The zero-order valence-corrected chi connectivity index (χ0v) is 8.42. The standard InChI is InChI=1S/C11H13ClO/c1-3-11(13-4-2)9-7-5-6-8-10(9)12/h3,5-8,11H,1,4H2,2H3/t11-/m1/s1. The van der Waals surface area contributed by atoms with E-state index in [0.717, 1.165) is 10.6 Å². The van der Waals surface area contributed by atoms with E-state index in [4.69, 9.17) is 16.3 Å². The Labute approximate surface area is 84.0 Å². The van der Waals surface area contributed by atoms with E-state index < -0.39 is 0 Å². The van der Waals surface area contributed by atoms with Crippen LogP contribution in [0.1, 0.15) is 18.6 Å². The first kappa shape index (κ1) is 10.3. The number of hydrogen-bond acceptors (Lipinski definition) is 1. The van der Waals surface area contributed by atoms with Crippen LogP contribution in [0.15, 0.2) is 36.9 Å². The van der Waals surface area contributed by atoms with Crippen LogP contribution < -0.4 is 0 Å². The molecule has 1 atom stereocenters. The predicted octanol–water partition coefficient (Wildman–Crippen LogP) is 3.60. The van der Waals surface area contributed by atoms with Crippen molar-refractivity contribution < 1.29 is 4.74 Å². The molecule has 0 spiro atoms. The van der Waals surface area contributed by atoms with Crippen molar-refractivity contribution in [2.75, 3.05) is 6.61 Å². The smallest absolute Gasteiger partial charge is 0.102 e. The maximum absolute atomic E-state index is 6.01. The highest BCUT2D eigenvalue weighted by Crippen LogP contribution is 2.25. The third-order valence-corrected chi connectivity index (χ3v) is 2.12. The van der Waals surface area contributed by atoms with E-state index in [2.05, 4.69) is 6.58 Å². The second kappa shape index (κ2) is 5.05. The molecule has 1 aromatic rings. The summed E-state index contributed by atoms with van der Waals surface area (Å²) in [5, 5.41) is 0.723. The molecule has 0 aromatic heterocycles. The fourth-order valence-electron chi connectivity index (χ4n) is 1.17. The molecule has 0 heterocycles. The van der Waals surface area contributed by atoms with Gasteiger partial charge in [-0.15, -0.1) is 6.58 Å². The van der Waals surface area contributed by atoms with Crippen LogP contribution in [-0.2, 0) is 4.74 Å². The minimum atomic E-state index is -0.0984. The van der Waals surface area contributed by atoms with Gasteiger partial charge in [-0.05, 0) is 13.0 Å². The molecule has 1 nitrogen and oxygen atoms in total. The van der Waals surface area contributed by atoms with E-state index in [-0.39, 0.29) is 6.10 Å². The summed E-state index contributed by atoms with van der Waals surface area (Å²) in [4.78, 5) is 0. The zero-order chi connectivity index (χ0) is 9.68. The van der Waals surface area contributed by atoms with Gasteiger partial charge in [0.25, 0.3) is 0 Å². The molecule has 0 N–H and O–H groups in total. The van der Waals surface area contributed by atoms with Gasteiger partial charge in [-0.2, -0.15) is 0 Å². The highest BCUT2D eigenvalue weighted by Gasteiger charge is 2.09. The van der Waals surface area contributed by atoms with Gasteiger partial charge in [-0.1, -0.05) is 35.9 Å². The first-order valence-corrected chi connectivity index (χ1v) is 4.66. The molecule has 1 aromatic carbocycles. The Kier molecular flexibility index (Phi) is 4.00. The number of hydrogen-bond donors (Lipinski definition) is 0. The van der Waals surface area contributed by atoms with Crippen LogP contribution in [0.3, 0.4) is 0 Å². The van der Waals surface area contributed by atoms with E-state index >= 15 is 0 Å². The number of ether oxygens (including phenoxy) is 1. The zero-order valence-electron chi connectivity index (χ0n) is 7.66. The molecule has 0 saturated heterocycles. The Balaban J connectivity index is 2.90. The molecule has 70 valence electrons. The quantitative estimate of drug-likeness (QED) is 0.669. The molecule has 0 saturated carbocycles. The van der Waals surface area contributed by atoms with Crippen molar-refractivity contribution in [3.63, 3.8) is 0 Å². The second-order valence-electron chi connectivity index (χ2n) is 2.63.